The number of carbonyl (C=O) groups excluding carboxylic acids is 1. The highest BCUT2D eigenvalue weighted by molar-refractivity contribution is 5.76. The molecule has 80 valence electrons. The number of carbonyl (C=O) groups is 1. The molecule has 0 bridgehead atoms. The summed E-state index contributed by atoms with van der Waals surface area (Å²) in [7, 11) is 0. The van der Waals surface area contributed by atoms with E-state index in [1.54, 1.807) is 0 Å². The van der Waals surface area contributed by atoms with Gasteiger partial charge in [-0.15, -0.1) is 0 Å². The van der Waals surface area contributed by atoms with E-state index >= 15 is 0 Å². The smallest absolute Gasteiger partial charge is 0.220 e. The van der Waals surface area contributed by atoms with Gasteiger partial charge >= 0.3 is 0 Å². The SMILES string of the molecule is Cc1ccccc1CC1CCC(=O)NC1. The van der Waals surface area contributed by atoms with E-state index in [2.05, 4.69) is 36.5 Å². The molecular weight excluding hydrogens is 186 g/mol. The zero-order valence-corrected chi connectivity index (χ0v) is 9.12. The first-order chi connectivity index (χ1) is 7.25. The first-order valence-electron chi connectivity index (χ1n) is 5.57. The van der Waals surface area contributed by atoms with Crippen molar-refractivity contribution in [2.24, 2.45) is 5.92 Å². The monoisotopic (exact) mass is 203 g/mol. The topological polar surface area (TPSA) is 29.1 Å². The lowest BCUT2D eigenvalue weighted by molar-refractivity contribution is -0.122. The van der Waals surface area contributed by atoms with E-state index in [0.717, 1.165) is 19.4 Å². The lowest BCUT2D eigenvalue weighted by atomic mass is 9.90. The molecule has 2 nitrogen and oxygen atoms in total. The predicted octanol–water partition coefficient (Wildman–Crippen LogP) is 2.06. The third-order valence-electron chi connectivity index (χ3n) is 3.14. The zero-order chi connectivity index (χ0) is 10.7. The van der Waals surface area contributed by atoms with Crippen molar-refractivity contribution in [3.63, 3.8) is 0 Å². The molecule has 1 heterocycles. The molecule has 1 aromatic carbocycles. The number of nitrogens with one attached hydrogen (secondary N) is 1. The Hall–Kier alpha value is -1.31. The van der Waals surface area contributed by atoms with Crippen LogP contribution in [0, 0.1) is 12.8 Å². The first-order valence-corrected chi connectivity index (χ1v) is 5.57. The number of rotatable bonds is 2. The second kappa shape index (κ2) is 4.47. The van der Waals surface area contributed by atoms with Gasteiger partial charge in [-0.2, -0.15) is 0 Å². The van der Waals surface area contributed by atoms with Crippen LogP contribution in [0.25, 0.3) is 0 Å². The van der Waals surface area contributed by atoms with E-state index in [1.165, 1.54) is 11.1 Å². The van der Waals surface area contributed by atoms with Crippen LogP contribution >= 0.6 is 0 Å². The maximum Gasteiger partial charge on any atom is 0.220 e. The molecule has 1 amide bonds. The summed E-state index contributed by atoms with van der Waals surface area (Å²) >= 11 is 0. The molecule has 1 unspecified atom stereocenters. The first kappa shape index (κ1) is 10.2. The molecule has 15 heavy (non-hydrogen) atoms. The van der Waals surface area contributed by atoms with Crippen molar-refractivity contribution in [2.75, 3.05) is 6.54 Å². The van der Waals surface area contributed by atoms with E-state index < -0.39 is 0 Å². The average Bonchev–Trinajstić information content (AvgIpc) is 2.25. The summed E-state index contributed by atoms with van der Waals surface area (Å²) in [5, 5.41) is 2.93. The van der Waals surface area contributed by atoms with Gasteiger partial charge in [0.15, 0.2) is 0 Å². The van der Waals surface area contributed by atoms with Crippen molar-refractivity contribution in [3.8, 4) is 0 Å². The van der Waals surface area contributed by atoms with E-state index in [9.17, 15) is 4.79 Å². The Morgan fingerprint density at radius 2 is 2.20 bits per heavy atom. The van der Waals surface area contributed by atoms with Crippen LogP contribution < -0.4 is 5.32 Å². The molecule has 1 aliphatic heterocycles. The Morgan fingerprint density at radius 3 is 2.87 bits per heavy atom. The number of amides is 1. The summed E-state index contributed by atoms with van der Waals surface area (Å²) in [5.41, 5.74) is 2.77. The molecule has 0 radical (unpaired) electrons. The number of piperidine rings is 1. The fourth-order valence-corrected chi connectivity index (χ4v) is 2.11. The third-order valence-corrected chi connectivity index (χ3v) is 3.14. The predicted molar refractivity (Wildman–Crippen MR) is 60.6 cm³/mol. The Kier molecular flexibility index (Phi) is 3.05. The van der Waals surface area contributed by atoms with Gasteiger partial charge in [0.05, 0.1) is 0 Å². The summed E-state index contributed by atoms with van der Waals surface area (Å²) in [6.07, 6.45) is 2.81. The van der Waals surface area contributed by atoms with E-state index in [-0.39, 0.29) is 5.91 Å². The molecule has 2 rings (SSSR count). The van der Waals surface area contributed by atoms with E-state index in [4.69, 9.17) is 0 Å². The molecule has 0 aromatic heterocycles. The second-order valence-corrected chi connectivity index (χ2v) is 4.34. The number of hydrogen-bond acceptors (Lipinski definition) is 1. The molecule has 0 aliphatic carbocycles. The Morgan fingerprint density at radius 1 is 1.40 bits per heavy atom. The fourth-order valence-electron chi connectivity index (χ4n) is 2.11. The molecule has 1 fully saturated rings. The lowest BCUT2D eigenvalue weighted by Gasteiger charge is -2.22. The van der Waals surface area contributed by atoms with Crippen LogP contribution in [-0.2, 0) is 11.2 Å². The third kappa shape index (κ3) is 2.58. The van der Waals surface area contributed by atoms with Gasteiger partial charge < -0.3 is 5.32 Å². The minimum Gasteiger partial charge on any atom is -0.356 e. The van der Waals surface area contributed by atoms with Gasteiger partial charge in [0.1, 0.15) is 0 Å². The van der Waals surface area contributed by atoms with Crippen LogP contribution in [0.1, 0.15) is 24.0 Å². The largest absolute Gasteiger partial charge is 0.356 e. The van der Waals surface area contributed by atoms with Gasteiger partial charge in [-0.1, -0.05) is 24.3 Å². The van der Waals surface area contributed by atoms with E-state index in [0.29, 0.717) is 12.3 Å². The minimum atomic E-state index is 0.205. The number of hydrogen-bond donors (Lipinski definition) is 1. The summed E-state index contributed by atoms with van der Waals surface area (Å²) in [6, 6.07) is 8.49. The summed E-state index contributed by atoms with van der Waals surface area (Å²) in [6.45, 7) is 2.99. The Labute approximate surface area is 90.7 Å². The van der Waals surface area contributed by atoms with Crippen molar-refractivity contribution in [1.29, 1.82) is 0 Å². The minimum absolute atomic E-state index is 0.205. The van der Waals surface area contributed by atoms with Gasteiger partial charge in [0.2, 0.25) is 5.91 Å². The maximum absolute atomic E-state index is 11.0. The highest BCUT2D eigenvalue weighted by atomic mass is 16.1. The normalized spacial score (nSPS) is 21.1. The maximum atomic E-state index is 11.0. The van der Waals surface area contributed by atoms with Crippen molar-refractivity contribution in [2.45, 2.75) is 26.2 Å². The Balaban J connectivity index is 1.97. The van der Waals surface area contributed by atoms with Crippen LogP contribution in [0.4, 0.5) is 0 Å². The number of benzene rings is 1. The van der Waals surface area contributed by atoms with Crippen molar-refractivity contribution >= 4 is 5.91 Å². The van der Waals surface area contributed by atoms with Gasteiger partial charge in [0, 0.05) is 13.0 Å². The van der Waals surface area contributed by atoms with Gasteiger partial charge in [-0.25, -0.2) is 0 Å². The van der Waals surface area contributed by atoms with Gasteiger partial charge in [0.25, 0.3) is 0 Å². The van der Waals surface area contributed by atoms with Crippen molar-refractivity contribution < 1.29 is 4.79 Å². The fraction of sp³-hybridized carbons (Fsp3) is 0.462. The molecule has 1 atom stereocenters. The second-order valence-electron chi connectivity index (χ2n) is 4.34. The zero-order valence-electron chi connectivity index (χ0n) is 9.12. The van der Waals surface area contributed by atoms with Crippen molar-refractivity contribution in [3.05, 3.63) is 35.4 Å². The molecule has 0 spiro atoms. The standard InChI is InChI=1S/C13H17NO/c1-10-4-2-3-5-12(10)8-11-6-7-13(15)14-9-11/h2-5,11H,6-9H2,1H3,(H,14,15). The summed E-state index contributed by atoms with van der Waals surface area (Å²) in [5.74, 6) is 0.819. The quantitative estimate of drug-likeness (QED) is 0.783. The van der Waals surface area contributed by atoms with Crippen LogP contribution in [0.2, 0.25) is 0 Å². The van der Waals surface area contributed by atoms with Crippen LogP contribution in [-0.4, -0.2) is 12.5 Å². The van der Waals surface area contributed by atoms with Crippen LogP contribution in [0.3, 0.4) is 0 Å². The molecule has 1 N–H and O–H groups in total. The molecule has 1 saturated heterocycles. The average molecular weight is 203 g/mol. The highest BCUT2D eigenvalue weighted by Crippen LogP contribution is 2.18. The molecule has 0 saturated carbocycles. The molecule has 2 heteroatoms. The van der Waals surface area contributed by atoms with Gasteiger partial charge in [-0.3, -0.25) is 4.79 Å². The molecular formula is C13H17NO. The summed E-state index contributed by atoms with van der Waals surface area (Å²) in [4.78, 5) is 11.0. The van der Waals surface area contributed by atoms with Crippen molar-refractivity contribution in [1.82, 2.24) is 5.32 Å². The highest BCUT2D eigenvalue weighted by Gasteiger charge is 2.18. The van der Waals surface area contributed by atoms with Crippen LogP contribution in [0.15, 0.2) is 24.3 Å². The number of aryl methyl sites for hydroxylation is 1. The Bertz CT molecular complexity index is 349. The lowest BCUT2D eigenvalue weighted by Crippen LogP contribution is -2.35. The van der Waals surface area contributed by atoms with Gasteiger partial charge in [-0.05, 0) is 36.8 Å². The molecule has 1 aromatic rings. The van der Waals surface area contributed by atoms with E-state index in [1.807, 2.05) is 0 Å². The molecule has 1 aliphatic rings. The summed E-state index contributed by atoms with van der Waals surface area (Å²) < 4.78 is 0. The van der Waals surface area contributed by atoms with Crippen LogP contribution in [0.5, 0.6) is 0 Å².